The Kier molecular flexibility index (Phi) is 232. The molecule has 0 unspecified atom stereocenters. The van der Waals surface area contributed by atoms with E-state index < -0.39 is 45.9 Å². The minimum atomic E-state index is -3.63. The van der Waals surface area contributed by atoms with E-state index in [0.717, 1.165) is 0 Å². The molecule has 0 radical (unpaired) electrons. The Balaban J connectivity index is -0.00000000852. The summed E-state index contributed by atoms with van der Waals surface area (Å²) in [5.74, 6) is 0. The summed E-state index contributed by atoms with van der Waals surface area (Å²) in [6, 6.07) is 0. The van der Waals surface area contributed by atoms with E-state index in [2.05, 4.69) is 0 Å². The summed E-state index contributed by atoms with van der Waals surface area (Å²) in [5, 5.41) is 0. The molecule has 28 heteroatoms. The summed E-state index contributed by atoms with van der Waals surface area (Å²) in [6.07, 6.45) is 0. The second-order valence-electron chi connectivity index (χ2n) is 1.25. The molecule has 4 N–H and O–H groups in total. The van der Waals surface area contributed by atoms with E-state index >= 15 is 0 Å². The number of hydrogen-bond donors (Lipinski definition) is 0. The molecule has 0 aromatic carbocycles. The van der Waals surface area contributed by atoms with Crippen molar-refractivity contribution in [2.45, 2.75) is 0 Å². The first-order valence-electron chi connectivity index (χ1n) is 3.06. The van der Waals surface area contributed by atoms with Gasteiger partial charge in [-0.3, -0.25) is 0 Å². The van der Waals surface area contributed by atoms with Crippen molar-refractivity contribution in [1.29, 1.82) is 0 Å². The summed E-state index contributed by atoms with van der Waals surface area (Å²) in [5.41, 5.74) is 0. The average molecular weight is 782 g/mol. The Morgan fingerprint density at radius 2 is 0.357 bits per heavy atom. The Morgan fingerprint density at radius 1 is 0.357 bits per heavy atom. The number of rotatable bonds is 0. The molecular formula is H4Al2Cs2Na2O17Si5. The first-order valence-corrected chi connectivity index (χ1v) is 9.19. The Morgan fingerprint density at radius 3 is 0.357 bits per heavy atom. The van der Waals surface area contributed by atoms with Crippen LogP contribution in [0.3, 0.4) is 0 Å². The molecule has 0 fully saturated rings. The van der Waals surface area contributed by atoms with Gasteiger partial charge in [-0.05, 0) is 0 Å². The van der Waals surface area contributed by atoms with Crippen LogP contribution in [0.25, 0.3) is 0 Å². The molecule has 0 rings (SSSR count). The van der Waals surface area contributed by atoms with E-state index in [1.165, 1.54) is 0 Å². The molecule has 0 bridgehead atoms. The maximum atomic E-state index is 8.52. The maximum absolute atomic E-state index is 8.52. The molecule has 0 aliphatic rings. The van der Waals surface area contributed by atoms with E-state index in [1.807, 2.05) is 0 Å². The predicted molar refractivity (Wildman–Crippen MR) is 50.9 cm³/mol. The second kappa shape index (κ2) is 76.8. The minimum absolute atomic E-state index is 0. The van der Waals surface area contributed by atoms with Gasteiger partial charge in [0.05, 0.1) is 0 Å². The monoisotopic (exact) mass is 782 g/mol. The van der Waals surface area contributed by atoms with Crippen molar-refractivity contribution in [3.05, 3.63) is 0 Å². The smallest absolute Gasteiger partial charge is 0.672 e. The van der Waals surface area contributed by atoms with Gasteiger partial charge in [-0.1, -0.05) is 0 Å². The zero-order valence-corrected chi connectivity index (χ0v) is 38.6. The Labute approximate surface area is 349 Å². The van der Waals surface area contributed by atoms with Crippen LogP contribution in [-0.4, -0.2) is 91.5 Å². The van der Waals surface area contributed by atoms with E-state index in [4.69, 9.17) is 70.3 Å². The van der Waals surface area contributed by atoms with Crippen molar-refractivity contribution in [2.75, 3.05) is 0 Å². The van der Waals surface area contributed by atoms with E-state index in [0.29, 0.717) is 0 Å². The Bertz CT molecular complexity index is 232. The van der Waals surface area contributed by atoms with Gasteiger partial charge in [0.15, 0.2) is 0 Å². The van der Waals surface area contributed by atoms with Crippen LogP contribution in [0.5, 0.6) is 0 Å². The zero-order valence-electron chi connectivity index (χ0n) is 14.8. The molecule has 0 saturated carbocycles. The molecule has 0 amide bonds. The number of hydrogen-bond acceptors (Lipinski definition) is 15. The van der Waals surface area contributed by atoms with Crippen molar-refractivity contribution in [2.24, 2.45) is 0 Å². The van der Waals surface area contributed by atoms with E-state index in [9.17, 15) is 0 Å². The fraction of sp³-hybridized carbons (Fsp3) is 0. The van der Waals surface area contributed by atoms with Crippen molar-refractivity contribution in [3.8, 4) is 0 Å². The third-order valence-electron chi connectivity index (χ3n) is 0. The molecule has 17 nitrogen and oxygen atoms in total. The van der Waals surface area contributed by atoms with Gasteiger partial charge in [0, 0.05) is 45.9 Å². The molecule has 0 heterocycles. The second-order valence-corrected chi connectivity index (χ2v) is 3.75. The first-order chi connectivity index (χ1) is 8.66. The largest absolute Gasteiger partial charge is 3.00 e. The van der Waals surface area contributed by atoms with Crippen LogP contribution in [0.1, 0.15) is 0 Å². The van der Waals surface area contributed by atoms with Gasteiger partial charge in [0.1, 0.15) is 0 Å². The van der Waals surface area contributed by atoms with Crippen molar-refractivity contribution >= 4 is 80.6 Å². The summed E-state index contributed by atoms with van der Waals surface area (Å²) >= 11 is 0. The summed E-state index contributed by atoms with van der Waals surface area (Å²) in [4.78, 5) is 85.2. The van der Waals surface area contributed by atoms with E-state index in [1.54, 1.807) is 0 Å². The molecular weight excluding hydrogens is 778 g/mol. The molecule has 0 saturated heterocycles. The molecule has 0 spiro atoms. The third-order valence-corrected chi connectivity index (χ3v) is 0. The standard InChI is InChI=1S/2Al.2Cs.2Na.5O3Si.2H2O/c;;;;;;5*1-4(2)3;;/h;;;;;;;;;;;2*1H2/q2*+3;4*+1;5*-2;;. The predicted octanol–water partition coefficient (Wildman–Crippen LogP) is -28.8. The third kappa shape index (κ3) is 1060. The average Bonchev–Trinajstić information content (AvgIpc) is 1.94. The SMILES string of the molecule is O.O.O=[Si]([O-])[O-].O=[Si]([O-])[O-].O=[Si]([O-])[O-].O=[Si]([O-])[O-].O=[Si]([O-])[O-].[Al+3].[Al+3].[Cs+].[Cs+].[Na+].[Na+]. The summed E-state index contributed by atoms with van der Waals surface area (Å²) < 4.78 is 42.6. The fourth-order valence-corrected chi connectivity index (χ4v) is 0. The van der Waals surface area contributed by atoms with Crippen molar-refractivity contribution < 1.29 is 278 Å². The van der Waals surface area contributed by atoms with Crippen LogP contribution in [-0.2, 0) is 22.3 Å². The van der Waals surface area contributed by atoms with Gasteiger partial charge in [0.2, 0.25) is 0 Å². The zero-order chi connectivity index (χ0) is 17.9. The maximum Gasteiger partial charge on any atom is 3.00 e. The molecule has 136 valence electrons. The summed E-state index contributed by atoms with van der Waals surface area (Å²) in [7, 11) is -18.1. The van der Waals surface area contributed by atoms with Gasteiger partial charge in [-0.2, -0.15) is 0 Å². The van der Waals surface area contributed by atoms with Gasteiger partial charge in [0.25, 0.3) is 0 Å². The molecule has 0 aliphatic carbocycles. The van der Waals surface area contributed by atoms with Gasteiger partial charge in [-0.15, -0.1) is 0 Å². The van der Waals surface area contributed by atoms with Crippen molar-refractivity contribution in [3.63, 3.8) is 0 Å². The van der Waals surface area contributed by atoms with E-state index in [-0.39, 0.29) is 243 Å². The van der Waals surface area contributed by atoms with Gasteiger partial charge >= 0.3 is 232 Å². The van der Waals surface area contributed by atoms with Crippen LogP contribution in [0.15, 0.2) is 0 Å². The van der Waals surface area contributed by atoms with Crippen LogP contribution >= 0.6 is 0 Å². The molecule has 0 aromatic rings. The first kappa shape index (κ1) is 84.4. The Hall–Kier alpha value is 5.17. The minimum Gasteiger partial charge on any atom is -0.672 e. The molecule has 0 aromatic heterocycles. The molecule has 28 heavy (non-hydrogen) atoms. The van der Waals surface area contributed by atoms with Gasteiger partial charge < -0.3 is 81.2 Å². The fourth-order valence-electron chi connectivity index (χ4n) is 0. The topological polar surface area (TPSA) is 379 Å². The van der Waals surface area contributed by atoms with Crippen LogP contribution in [0.4, 0.5) is 0 Å². The van der Waals surface area contributed by atoms with Crippen LogP contribution < -0.4 is 245 Å². The van der Waals surface area contributed by atoms with Crippen LogP contribution in [0.2, 0.25) is 0 Å². The molecule has 0 aliphatic heterocycles. The summed E-state index contributed by atoms with van der Waals surface area (Å²) in [6.45, 7) is 0. The van der Waals surface area contributed by atoms with Crippen LogP contribution in [0, 0.1) is 0 Å². The van der Waals surface area contributed by atoms with Crippen molar-refractivity contribution in [1.82, 2.24) is 0 Å². The normalized spacial score (nSPS) is 4.29. The quantitative estimate of drug-likeness (QED) is 0.206. The molecule has 0 atom stereocenters. The van der Waals surface area contributed by atoms with Gasteiger partial charge in [-0.25, -0.2) is 0 Å².